The topological polar surface area (TPSA) is 63.7 Å². The molecule has 0 radical (unpaired) electrons. The van der Waals surface area contributed by atoms with E-state index in [1.807, 2.05) is 0 Å². The van der Waals surface area contributed by atoms with Crippen LogP contribution in [-0.2, 0) is 20.8 Å². The zero-order chi connectivity index (χ0) is 26.1. The van der Waals surface area contributed by atoms with E-state index in [-0.39, 0.29) is 24.5 Å². The van der Waals surface area contributed by atoms with Gasteiger partial charge in [-0.25, -0.2) is 8.42 Å². The van der Waals surface area contributed by atoms with Gasteiger partial charge in [0.1, 0.15) is 21.3 Å². The number of carbonyl (C=O) groups excluding carboxylic acids is 1. The second-order valence-electron chi connectivity index (χ2n) is 8.75. The summed E-state index contributed by atoms with van der Waals surface area (Å²) in [6.07, 6.45) is -3.13. The van der Waals surface area contributed by atoms with Crippen LogP contribution in [0.5, 0.6) is 11.5 Å². The Morgan fingerprint density at radius 1 is 1.00 bits per heavy atom. The van der Waals surface area contributed by atoms with Gasteiger partial charge in [-0.2, -0.15) is 13.2 Å². The lowest BCUT2D eigenvalue weighted by atomic mass is 9.96. The highest BCUT2D eigenvalue weighted by Gasteiger charge is 2.42. The van der Waals surface area contributed by atoms with Crippen molar-refractivity contribution in [2.75, 3.05) is 16.9 Å². The fourth-order valence-electron chi connectivity index (χ4n) is 4.25. The molecule has 0 unspecified atom stereocenters. The van der Waals surface area contributed by atoms with E-state index in [1.165, 1.54) is 11.0 Å². The number of benzene rings is 3. The second kappa shape index (κ2) is 10.1. The summed E-state index contributed by atoms with van der Waals surface area (Å²) in [6, 6.07) is 17.6. The zero-order valence-electron chi connectivity index (χ0n) is 19.2. The number of sulfone groups is 1. The number of hydrogen-bond donors (Lipinski definition) is 0. The molecule has 1 amide bonds. The molecular formula is C26H23ClF3NO4S. The van der Waals surface area contributed by atoms with Gasteiger partial charge in [0.25, 0.3) is 0 Å². The van der Waals surface area contributed by atoms with E-state index in [2.05, 4.69) is 0 Å². The SMILES string of the molecule is CS(=O)(=O)CC[C@@H]1C[C@H](c2cccc(C(F)(F)F)c2)N(c2ccc(Oc3ccc(Cl)cc3)cc2)C1=O. The van der Waals surface area contributed by atoms with Gasteiger partial charge in [0.2, 0.25) is 5.91 Å². The van der Waals surface area contributed by atoms with Crippen LogP contribution in [0.4, 0.5) is 18.9 Å². The van der Waals surface area contributed by atoms with Crippen LogP contribution in [0.2, 0.25) is 5.02 Å². The van der Waals surface area contributed by atoms with Gasteiger partial charge in [0, 0.05) is 22.9 Å². The third-order valence-corrected chi connectivity index (χ3v) is 7.24. The highest BCUT2D eigenvalue weighted by atomic mass is 35.5. The summed E-state index contributed by atoms with van der Waals surface area (Å²) in [5.41, 5.74) is 0.00735. The molecular weight excluding hydrogens is 515 g/mol. The number of halogens is 4. The molecule has 0 spiro atoms. The largest absolute Gasteiger partial charge is 0.457 e. The normalized spacial score (nSPS) is 18.5. The van der Waals surface area contributed by atoms with Crippen molar-refractivity contribution in [3.05, 3.63) is 88.9 Å². The summed E-state index contributed by atoms with van der Waals surface area (Å²) in [4.78, 5) is 14.8. The van der Waals surface area contributed by atoms with E-state index in [0.717, 1.165) is 18.4 Å². The summed E-state index contributed by atoms with van der Waals surface area (Å²) in [5, 5.41) is 0.566. The number of carbonyl (C=O) groups is 1. The van der Waals surface area contributed by atoms with Crippen LogP contribution in [0.3, 0.4) is 0 Å². The lowest BCUT2D eigenvalue weighted by Crippen LogP contribution is -2.30. The van der Waals surface area contributed by atoms with E-state index in [4.69, 9.17) is 16.3 Å². The third-order valence-electron chi connectivity index (χ3n) is 6.01. The predicted molar refractivity (Wildman–Crippen MR) is 132 cm³/mol. The minimum Gasteiger partial charge on any atom is -0.457 e. The molecule has 1 aliphatic rings. The number of rotatable bonds is 7. The molecule has 4 rings (SSSR count). The number of nitrogens with zero attached hydrogens (tertiary/aromatic N) is 1. The Bertz CT molecular complexity index is 1340. The van der Waals surface area contributed by atoms with Gasteiger partial charge in [-0.1, -0.05) is 23.7 Å². The Kier molecular flexibility index (Phi) is 7.33. The van der Waals surface area contributed by atoms with Crippen LogP contribution in [0, 0.1) is 5.92 Å². The van der Waals surface area contributed by atoms with E-state index in [1.54, 1.807) is 54.6 Å². The molecule has 10 heteroatoms. The minimum atomic E-state index is -4.53. The van der Waals surface area contributed by atoms with Crippen molar-refractivity contribution < 1.29 is 31.1 Å². The van der Waals surface area contributed by atoms with Crippen molar-refractivity contribution in [1.82, 2.24) is 0 Å². The smallest absolute Gasteiger partial charge is 0.416 e. The zero-order valence-corrected chi connectivity index (χ0v) is 20.8. The molecule has 1 aliphatic heterocycles. The fraction of sp³-hybridized carbons (Fsp3) is 0.269. The van der Waals surface area contributed by atoms with E-state index >= 15 is 0 Å². The average molecular weight is 538 g/mol. The van der Waals surface area contributed by atoms with Gasteiger partial charge in [0.05, 0.1) is 17.4 Å². The molecule has 5 nitrogen and oxygen atoms in total. The number of anilines is 1. The third kappa shape index (κ3) is 6.20. The van der Waals surface area contributed by atoms with Gasteiger partial charge < -0.3 is 9.64 Å². The summed E-state index contributed by atoms with van der Waals surface area (Å²) < 4.78 is 69.2. The van der Waals surface area contributed by atoms with E-state index in [0.29, 0.717) is 27.8 Å². The molecule has 3 aromatic rings. The van der Waals surface area contributed by atoms with Crippen LogP contribution >= 0.6 is 11.6 Å². The Morgan fingerprint density at radius 3 is 2.19 bits per heavy atom. The van der Waals surface area contributed by atoms with E-state index < -0.39 is 33.5 Å². The Morgan fingerprint density at radius 2 is 1.61 bits per heavy atom. The molecule has 1 saturated heterocycles. The first-order valence-electron chi connectivity index (χ1n) is 11.1. The van der Waals surface area contributed by atoms with Crippen LogP contribution in [0.25, 0.3) is 0 Å². The van der Waals surface area contributed by atoms with Gasteiger partial charge >= 0.3 is 6.18 Å². The number of amides is 1. The van der Waals surface area contributed by atoms with Crippen LogP contribution < -0.4 is 9.64 Å². The standard InChI is InChI=1S/C26H23ClF3NO4S/c1-36(33,34)14-13-18-16-24(17-3-2-4-19(15-17)26(28,29)30)31(25(18)32)21-7-11-23(12-8-21)35-22-9-5-20(27)6-10-22/h2-12,15,18,24H,13-14,16H2,1H3/t18-,24-/m1/s1. The molecule has 0 bridgehead atoms. The highest BCUT2D eigenvalue weighted by Crippen LogP contribution is 2.43. The average Bonchev–Trinajstić information content (AvgIpc) is 3.15. The van der Waals surface area contributed by atoms with Crippen molar-refractivity contribution >= 4 is 33.0 Å². The molecule has 1 fully saturated rings. The van der Waals surface area contributed by atoms with Crippen molar-refractivity contribution in [2.24, 2.45) is 5.92 Å². The molecule has 0 aliphatic carbocycles. The van der Waals surface area contributed by atoms with Gasteiger partial charge in [0.15, 0.2) is 0 Å². The minimum absolute atomic E-state index is 0.0986. The maximum atomic E-state index is 13.4. The summed E-state index contributed by atoms with van der Waals surface area (Å²) in [6.45, 7) is 0. The van der Waals surface area contributed by atoms with Crippen molar-refractivity contribution in [1.29, 1.82) is 0 Å². The molecule has 2 atom stereocenters. The molecule has 0 saturated carbocycles. The highest BCUT2D eigenvalue weighted by molar-refractivity contribution is 7.90. The molecule has 190 valence electrons. The summed E-state index contributed by atoms with van der Waals surface area (Å²) in [5.74, 6) is -0.0822. The van der Waals surface area contributed by atoms with Crippen molar-refractivity contribution in [3.63, 3.8) is 0 Å². The molecule has 0 aromatic heterocycles. The van der Waals surface area contributed by atoms with Crippen molar-refractivity contribution in [3.8, 4) is 11.5 Å². The number of hydrogen-bond acceptors (Lipinski definition) is 4. The maximum absolute atomic E-state index is 13.4. The van der Waals surface area contributed by atoms with Crippen LogP contribution in [0.15, 0.2) is 72.8 Å². The Balaban J connectivity index is 1.64. The quantitative estimate of drug-likeness (QED) is 0.337. The second-order valence-corrected chi connectivity index (χ2v) is 11.4. The Labute approximate surface area is 212 Å². The van der Waals surface area contributed by atoms with Crippen LogP contribution in [0.1, 0.15) is 30.0 Å². The lowest BCUT2D eigenvalue weighted by molar-refractivity contribution is -0.137. The molecule has 36 heavy (non-hydrogen) atoms. The van der Waals surface area contributed by atoms with Gasteiger partial charge in [-0.05, 0) is 79.1 Å². The van der Waals surface area contributed by atoms with Gasteiger partial charge in [-0.15, -0.1) is 0 Å². The number of ether oxygens (including phenoxy) is 1. The fourth-order valence-corrected chi connectivity index (χ4v) is 5.09. The van der Waals surface area contributed by atoms with Gasteiger partial charge in [-0.3, -0.25) is 4.79 Å². The molecule has 0 N–H and O–H groups in total. The monoisotopic (exact) mass is 537 g/mol. The lowest BCUT2D eigenvalue weighted by Gasteiger charge is -2.26. The van der Waals surface area contributed by atoms with E-state index in [9.17, 15) is 26.4 Å². The summed E-state index contributed by atoms with van der Waals surface area (Å²) >= 11 is 5.89. The number of alkyl halides is 3. The Hall–Kier alpha value is -3.04. The van der Waals surface area contributed by atoms with Crippen LogP contribution in [-0.4, -0.2) is 26.3 Å². The first-order chi connectivity index (χ1) is 16.9. The molecule has 3 aromatic carbocycles. The first-order valence-corrected chi connectivity index (χ1v) is 13.6. The predicted octanol–water partition coefficient (Wildman–Crippen LogP) is 6.68. The van der Waals surface area contributed by atoms with Crippen molar-refractivity contribution in [2.45, 2.75) is 25.1 Å². The molecule has 1 heterocycles. The maximum Gasteiger partial charge on any atom is 0.416 e. The first kappa shape index (κ1) is 26.0. The summed E-state index contributed by atoms with van der Waals surface area (Å²) in [7, 11) is -3.31.